The monoisotopic (exact) mass is 264 g/mol. The highest BCUT2D eigenvalue weighted by Gasteiger charge is 2.09. The topological polar surface area (TPSA) is 40.5 Å². The van der Waals surface area contributed by atoms with Crippen LogP contribution in [-0.2, 0) is 6.54 Å². The van der Waals surface area contributed by atoms with E-state index in [1.165, 1.54) is 0 Å². The van der Waals surface area contributed by atoms with Crippen LogP contribution in [0.1, 0.15) is 0 Å². The minimum absolute atomic E-state index is 0.0815. The van der Waals surface area contributed by atoms with Crippen LogP contribution in [-0.4, -0.2) is 67.2 Å². The zero-order chi connectivity index (χ0) is 13.5. The van der Waals surface area contributed by atoms with Gasteiger partial charge in [-0.1, -0.05) is 6.07 Å². The Morgan fingerprint density at radius 2 is 1.95 bits per heavy atom. The van der Waals surface area contributed by atoms with Crippen molar-refractivity contribution in [3.63, 3.8) is 0 Å². The minimum Gasteiger partial charge on any atom is -0.314 e. The van der Waals surface area contributed by atoms with Crippen LogP contribution in [0.5, 0.6) is 0 Å². The van der Waals surface area contributed by atoms with Crippen molar-refractivity contribution in [2.75, 3.05) is 52.9 Å². The molecular formula is C14H24N4O. The van der Waals surface area contributed by atoms with Gasteiger partial charge in [0, 0.05) is 64.6 Å². The van der Waals surface area contributed by atoms with E-state index in [-0.39, 0.29) is 5.56 Å². The van der Waals surface area contributed by atoms with Gasteiger partial charge in [0.15, 0.2) is 0 Å². The molecule has 1 fully saturated rings. The Kier molecular flexibility index (Phi) is 5.57. The number of nitrogens with one attached hydrogen (secondary N) is 1. The summed E-state index contributed by atoms with van der Waals surface area (Å²) in [4.78, 5) is 16.3. The summed E-state index contributed by atoms with van der Waals surface area (Å²) in [6, 6.07) is 5.30. The Hall–Kier alpha value is -1.17. The number of hydrogen-bond acceptors (Lipinski definition) is 4. The predicted octanol–water partition coefficient (Wildman–Crippen LogP) is -0.315. The van der Waals surface area contributed by atoms with Gasteiger partial charge in [0.2, 0.25) is 0 Å². The van der Waals surface area contributed by atoms with Crippen molar-refractivity contribution in [1.29, 1.82) is 0 Å². The molecule has 1 aliphatic rings. The third-order valence-corrected chi connectivity index (χ3v) is 3.63. The zero-order valence-corrected chi connectivity index (χ0v) is 11.7. The maximum Gasteiger partial charge on any atom is 0.250 e. The van der Waals surface area contributed by atoms with E-state index in [4.69, 9.17) is 0 Å². The van der Waals surface area contributed by atoms with E-state index >= 15 is 0 Å². The van der Waals surface area contributed by atoms with Gasteiger partial charge in [0.05, 0.1) is 0 Å². The third kappa shape index (κ3) is 4.78. The van der Waals surface area contributed by atoms with E-state index in [0.29, 0.717) is 0 Å². The third-order valence-electron chi connectivity index (χ3n) is 3.63. The quantitative estimate of drug-likeness (QED) is 0.765. The zero-order valence-electron chi connectivity index (χ0n) is 11.7. The molecule has 106 valence electrons. The summed E-state index contributed by atoms with van der Waals surface area (Å²) in [5.74, 6) is 0. The van der Waals surface area contributed by atoms with Gasteiger partial charge < -0.3 is 14.8 Å². The molecule has 1 aliphatic heterocycles. The average molecular weight is 264 g/mol. The molecule has 0 unspecified atom stereocenters. The molecule has 1 N–H and O–H groups in total. The van der Waals surface area contributed by atoms with E-state index in [0.717, 1.165) is 52.4 Å². The van der Waals surface area contributed by atoms with Crippen molar-refractivity contribution >= 4 is 0 Å². The Morgan fingerprint density at radius 1 is 1.21 bits per heavy atom. The lowest BCUT2D eigenvalue weighted by atomic mass is 10.3. The molecule has 0 amide bonds. The van der Waals surface area contributed by atoms with Gasteiger partial charge >= 0.3 is 0 Å². The molecule has 1 saturated heterocycles. The molecule has 2 rings (SSSR count). The number of likely N-dealkylation sites (N-methyl/N-ethyl adjacent to an activating group) is 1. The fourth-order valence-electron chi connectivity index (χ4n) is 2.28. The first-order chi connectivity index (χ1) is 9.25. The number of hydrogen-bond donors (Lipinski definition) is 1. The second-order valence-corrected chi connectivity index (χ2v) is 5.13. The van der Waals surface area contributed by atoms with Gasteiger partial charge in [-0.3, -0.25) is 9.69 Å². The highest BCUT2D eigenvalue weighted by molar-refractivity contribution is 4.93. The first-order valence-electron chi connectivity index (χ1n) is 7.03. The molecule has 5 nitrogen and oxygen atoms in total. The lowest BCUT2D eigenvalue weighted by Gasteiger charge is -2.29. The second-order valence-electron chi connectivity index (χ2n) is 5.13. The van der Waals surface area contributed by atoms with Crippen molar-refractivity contribution in [3.05, 3.63) is 34.7 Å². The molecule has 0 aliphatic carbocycles. The van der Waals surface area contributed by atoms with Crippen LogP contribution in [0.25, 0.3) is 0 Å². The first kappa shape index (κ1) is 14.2. The van der Waals surface area contributed by atoms with Crippen molar-refractivity contribution in [1.82, 2.24) is 19.7 Å². The van der Waals surface area contributed by atoms with E-state index in [1.807, 2.05) is 12.3 Å². The Labute approximate surface area is 114 Å². The molecule has 0 radical (unpaired) electrons. The van der Waals surface area contributed by atoms with Crippen LogP contribution in [0, 0.1) is 0 Å². The molecule has 0 atom stereocenters. The fraction of sp³-hybridized carbons (Fsp3) is 0.643. The first-order valence-corrected chi connectivity index (χ1v) is 7.03. The van der Waals surface area contributed by atoms with E-state index < -0.39 is 0 Å². The van der Waals surface area contributed by atoms with Crippen LogP contribution >= 0.6 is 0 Å². The smallest absolute Gasteiger partial charge is 0.250 e. The summed E-state index contributed by atoms with van der Waals surface area (Å²) in [7, 11) is 2.12. The average Bonchev–Trinajstić information content (AvgIpc) is 2.45. The largest absolute Gasteiger partial charge is 0.314 e. The maximum atomic E-state index is 11.6. The Bertz CT molecular complexity index is 425. The van der Waals surface area contributed by atoms with E-state index in [2.05, 4.69) is 22.2 Å². The Balaban J connectivity index is 1.68. The molecule has 2 heterocycles. The summed E-state index contributed by atoms with van der Waals surface area (Å²) < 4.78 is 1.77. The number of pyridine rings is 1. The van der Waals surface area contributed by atoms with Crippen molar-refractivity contribution in [2.45, 2.75) is 6.54 Å². The number of rotatable bonds is 6. The maximum absolute atomic E-state index is 11.6. The van der Waals surface area contributed by atoms with Gasteiger partial charge in [0.25, 0.3) is 5.56 Å². The molecule has 19 heavy (non-hydrogen) atoms. The van der Waals surface area contributed by atoms with Gasteiger partial charge in [-0.2, -0.15) is 0 Å². The SMILES string of the molecule is CN(CCN1CCNCC1)CCn1ccccc1=O. The normalized spacial score (nSPS) is 16.9. The van der Waals surface area contributed by atoms with Crippen LogP contribution in [0.3, 0.4) is 0 Å². The number of aromatic nitrogens is 1. The lowest BCUT2D eigenvalue weighted by molar-refractivity contribution is 0.202. The minimum atomic E-state index is 0.0815. The Morgan fingerprint density at radius 3 is 2.68 bits per heavy atom. The summed E-state index contributed by atoms with van der Waals surface area (Å²) >= 11 is 0. The van der Waals surface area contributed by atoms with Crippen LogP contribution in [0.15, 0.2) is 29.2 Å². The second kappa shape index (κ2) is 7.43. The molecule has 5 heteroatoms. The van der Waals surface area contributed by atoms with Gasteiger partial charge in [-0.05, 0) is 13.1 Å². The number of nitrogens with zero attached hydrogens (tertiary/aromatic N) is 3. The molecule has 1 aromatic heterocycles. The molecule has 0 bridgehead atoms. The molecule has 0 spiro atoms. The molecular weight excluding hydrogens is 240 g/mol. The summed E-state index contributed by atoms with van der Waals surface area (Å²) in [6.07, 6.45) is 1.85. The summed E-state index contributed by atoms with van der Waals surface area (Å²) in [5.41, 5.74) is 0.0815. The van der Waals surface area contributed by atoms with E-state index in [9.17, 15) is 4.79 Å². The van der Waals surface area contributed by atoms with Crippen molar-refractivity contribution in [2.24, 2.45) is 0 Å². The fourth-order valence-corrected chi connectivity index (χ4v) is 2.28. The van der Waals surface area contributed by atoms with Crippen LogP contribution in [0.4, 0.5) is 0 Å². The van der Waals surface area contributed by atoms with E-state index in [1.54, 1.807) is 16.7 Å². The highest BCUT2D eigenvalue weighted by Crippen LogP contribution is 1.93. The van der Waals surface area contributed by atoms with Crippen molar-refractivity contribution in [3.8, 4) is 0 Å². The van der Waals surface area contributed by atoms with Crippen molar-refractivity contribution < 1.29 is 0 Å². The van der Waals surface area contributed by atoms with Crippen LogP contribution < -0.4 is 10.9 Å². The standard InChI is InChI=1S/C14H24N4O/c1-16(10-12-17-8-5-15-6-9-17)11-13-18-7-3-2-4-14(18)19/h2-4,7,15H,5-6,8-13H2,1H3. The van der Waals surface area contributed by atoms with Gasteiger partial charge in [-0.15, -0.1) is 0 Å². The molecule has 1 aromatic rings. The predicted molar refractivity (Wildman–Crippen MR) is 77.5 cm³/mol. The molecule has 0 saturated carbocycles. The lowest BCUT2D eigenvalue weighted by Crippen LogP contribution is -2.46. The van der Waals surface area contributed by atoms with Crippen LogP contribution in [0.2, 0.25) is 0 Å². The number of piperazine rings is 1. The van der Waals surface area contributed by atoms with Gasteiger partial charge in [0.1, 0.15) is 0 Å². The summed E-state index contributed by atoms with van der Waals surface area (Å²) in [6.45, 7) is 8.33. The summed E-state index contributed by atoms with van der Waals surface area (Å²) in [5, 5.41) is 3.36. The highest BCUT2D eigenvalue weighted by atomic mass is 16.1. The molecule has 0 aromatic carbocycles. The van der Waals surface area contributed by atoms with Gasteiger partial charge in [-0.25, -0.2) is 0 Å².